The molecule has 0 spiro atoms. The van der Waals surface area contributed by atoms with Crippen molar-refractivity contribution in [2.45, 2.75) is 11.4 Å². The van der Waals surface area contributed by atoms with Gasteiger partial charge in [0, 0.05) is 36.5 Å². The van der Waals surface area contributed by atoms with Crippen LogP contribution in [0.5, 0.6) is 0 Å². The number of hydrogen-bond donors (Lipinski definition) is 0. The molecule has 0 aliphatic carbocycles. The number of carbonyl (C=O) groups excluding carboxylic acids is 2. The third-order valence-electron chi connectivity index (χ3n) is 4.00. The molecule has 2 aromatic rings. The van der Waals surface area contributed by atoms with Crippen LogP contribution in [-0.2, 0) is 25.9 Å². The molecule has 0 saturated heterocycles. The van der Waals surface area contributed by atoms with E-state index in [0.29, 0.717) is 0 Å². The van der Waals surface area contributed by atoms with Gasteiger partial charge in [0.2, 0.25) is 0 Å². The van der Waals surface area contributed by atoms with Crippen LogP contribution in [0.1, 0.15) is 15.9 Å². The van der Waals surface area contributed by atoms with E-state index in [4.69, 9.17) is 16.3 Å². The maximum absolute atomic E-state index is 13.8. The summed E-state index contributed by atoms with van der Waals surface area (Å²) >= 11 is 5.91. The van der Waals surface area contributed by atoms with Crippen molar-refractivity contribution in [2.24, 2.45) is 0 Å². The summed E-state index contributed by atoms with van der Waals surface area (Å²) in [6, 6.07) is 6.78. The van der Waals surface area contributed by atoms with Gasteiger partial charge in [-0.15, -0.1) is 0 Å². The second-order valence-electron chi connectivity index (χ2n) is 6.24. The second-order valence-corrected chi connectivity index (χ2v) is 8.63. The summed E-state index contributed by atoms with van der Waals surface area (Å²) in [5.41, 5.74) is -1.00. The number of halogens is 2. The van der Waals surface area contributed by atoms with Gasteiger partial charge in [-0.2, -0.15) is 0 Å². The number of amides is 1. The summed E-state index contributed by atoms with van der Waals surface area (Å²) in [4.78, 5) is 35.0. The Labute approximate surface area is 176 Å². The van der Waals surface area contributed by atoms with Gasteiger partial charge in [0.05, 0.1) is 10.5 Å². The number of carbonyl (C=O) groups is 2. The molecule has 1 amide bonds. The highest BCUT2D eigenvalue weighted by molar-refractivity contribution is 7.90. The van der Waals surface area contributed by atoms with E-state index in [1.54, 1.807) is 0 Å². The van der Waals surface area contributed by atoms with E-state index in [2.05, 4.69) is 0 Å². The summed E-state index contributed by atoms with van der Waals surface area (Å²) in [7, 11) is -2.54. The fourth-order valence-corrected chi connectivity index (χ4v) is 3.48. The third kappa shape index (κ3) is 5.51. The fourth-order valence-electron chi connectivity index (χ4n) is 2.43. The van der Waals surface area contributed by atoms with Crippen LogP contribution >= 0.6 is 11.6 Å². The Morgan fingerprint density at radius 3 is 2.50 bits per heavy atom. The van der Waals surface area contributed by atoms with E-state index >= 15 is 0 Å². The average Bonchev–Trinajstić information content (AvgIpc) is 2.67. The van der Waals surface area contributed by atoms with Gasteiger partial charge >= 0.3 is 5.97 Å². The topological polar surface area (TPSA) is 124 Å². The zero-order valence-corrected chi connectivity index (χ0v) is 17.4. The van der Waals surface area contributed by atoms with E-state index in [0.717, 1.165) is 29.4 Å². The molecule has 0 aliphatic heterocycles. The third-order valence-corrected chi connectivity index (χ3v) is 5.50. The maximum atomic E-state index is 13.8. The van der Waals surface area contributed by atoms with Gasteiger partial charge in [-0.05, 0) is 24.3 Å². The van der Waals surface area contributed by atoms with Crippen molar-refractivity contribution >= 4 is 39.0 Å². The second kappa shape index (κ2) is 9.18. The lowest BCUT2D eigenvalue weighted by Crippen LogP contribution is -2.31. The molecule has 0 fully saturated rings. The largest absolute Gasteiger partial charge is 0.452 e. The molecule has 160 valence electrons. The number of rotatable bonds is 7. The highest BCUT2D eigenvalue weighted by Crippen LogP contribution is 2.25. The van der Waals surface area contributed by atoms with E-state index in [9.17, 15) is 32.5 Å². The van der Waals surface area contributed by atoms with E-state index in [1.165, 1.54) is 25.2 Å². The van der Waals surface area contributed by atoms with Crippen molar-refractivity contribution in [2.75, 3.05) is 19.9 Å². The molecule has 0 saturated carbocycles. The molecule has 0 atom stereocenters. The van der Waals surface area contributed by atoms with Crippen LogP contribution in [0.2, 0.25) is 5.02 Å². The number of ether oxygens (including phenoxy) is 1. The predicted octanol–water partition coefficient (Wildman–Crippen LogP) is 2.61. The summed E-state index contributed by atoms with van der Waals surface area (Å²) in [6.45, 7) is -0.889. The Bertz CT molecular complexity index is 1100. The summed E-state index contributed by atoms with van der Waals surface area (Å²) in [5, 5.41) is 11.2. The summed E-state index contributed by atoms with van der Waals surface area (Å²) in [5.74, 6) is -2.34. The SMILES string of the molecule is CN(Cc1c(F)cccc1Cl)C(=O)COC(=O)c1ccc(S(C)(=O)=O)c([N+](=O)[O-])c1. The standard InChI is InChI=1S/C18H16ClFN2O7S/c1-21(9-12-13(19)4-3-5-14(12)20)17(23)10-29-18(24)11-6-7-16(30(2,27)28)15(8-11)22(25)26/h3-8H,9-10H2,1-2H3. The van der Waals surface area contributed by atoms with Gasteiger partial charge < -0.3 is 9.64 Å². The molecular weight excluding hydrogens is 443 g/mol. The molecule has 2 rings (SSSR count). The smallest absolute Gasteiger partial charge is 0.338 e. The molecule has 0 N–H and O–H groups in total. The Morgan fingerprint density at radius 2 is 1.93 bits per heavy atom. The van der Waals surface area contributed by atoms with Crippen LogP contribution < -0.4 is 0 Å². The van der Waals surface area contributed by atoms with Crippen LogP contribution in [0.4, 0.5) is 10.1 Å². The van der Waals surface area contributed by atoms with Crippen molar-refractivity contribution in [3.05, 3.63) is 68.5 Å². The van der Waals surface area contributed by atoms with Crippen LogP contribution in [0.15, 0.2) is 41.3 Å². The van der Waals surface area contributed by atoms with Crippen LogP contribution in [0.3, 0.4) is 0 Å². The molecule has 2 aromatic carbocycles. The van der Waals surface area contributed by atoms with Crippen LogP contribution in [0, 0.1) is 15.9 Å². The average molecular weight is 459 g/mol. The van der Waals surface area contributed by atoms with Crippen molar-refractivity contribution in [1.29, 1.82) is 0 Å². The van der Waals surface area contributed by atoms with Gasteiger partial charge in [0.25, 0.3) is 11.6 Å². The Hall–Kier alpha value is -3.05. The van der Waals surface area contributed by atoms with Crippen LogP contribution in [-0.4, -0.2) is 50.0 Å². The van der Waals surface area contributed by atoms with Gasteiger partial charge in [0.15, 0.2) is 16.4 Å². The Kier molecular flexibility index (Phi) is 7.11. The van der Waals surface area contributed by atoms with Crippen molar-refractivity contribution < 1.29 is 32.1 Å². The molecule has 0 bridgehead atoms. The lowest BCUT2D eigenvalue weighted by Gasteiger charge is -2.18. The minimum atomic E-state index is -3.89. The number of nitro groups is 1. The zero-order chi connectivity index (χ0) is 22.6. The molecule has 0 heterocycles. The monoisotopic (exact) mass is 458 g/mol. The quantitative estimate of drug-likeness (QED) is 0.355. The molecule has 0 unspecified atom stereocenters. The van der Waals surface area contributed by atoms with Crippen molar-refractivity contribution in [1.82, 2.24) is 4.90 Å². The molecule has 9 nitrogen and oxygen atoms in total. The number of sulfone groups is 1. The van der Waals surface area contributed by atoms with Crippen molar-refractivity contribution in [3.63, 3.8) is 0 Å². The van der Waals surface area contributed by atoms with Gasteiger partial charge in [-0.3, -0.25) is 14.9 Å². The molecular formula is C18H16ClFN2O7S. The van der Waals surface area contributed by atoms with Crippen LogP contribution in [0.25, 0.3) is 0 Å². The van der Waals surface area contributed by atoms with Gasteiger partial charge in [0.1, 0.15) is 10.7 Å². The van der Waals surface area contributed by atoms with E-state index in [1.807, 2.05) is 0 Å². The Morgan fingerprint density at radius 1 is 1.27 bits per heavy atom. The maximum Gasteiger partial charge on any atom is 0.338 e. The molecule has 12 heteroatoms. The van der Waals surface area contributed by atoms with Gasteiger partial charge in [-0.1, -0.05) is 17.7 Å². The first-order valence-corrected chi connectivity index (χ1v) is 10.5. The van der Waals surface area contributed by atoms with Crippen molar-refractivity contribution in [3.8, 4) is 0 Å². The highest BCUT2D eigenvalue weighted by Gasteiger charge is 2.25. The fraction of sp³-hybridized carbons (Fsp3) is 0.222. The lowest BCUT2D eigenvalue weighted by atomic mass is 10.2. The number of hydrogen-bond acceptors (Lipinski definition) is 7. The molecule has 0 aliphatic rings. The number of nitro benzene ring substituents is 1. The Balaban J connectivity index is 2.09. The lowest BCUT2D eigenvalue weighted by molar-refractivity contribution is -0.387. The van der Waals surface area contributed by atoms with E-state index < -0.39 is 49.6 Å². The first kappa shape index (κ1) is 23.2. The predicted molar refractivity (Wildman–Crippen MR) is 104 cm³/mol. The van der Waals surface area contributed by atoms with E-state index in [-0.39, 0.29) is 22.7 Å². The minimum absolute atomic E-state index is 0.0910. The number of esters is 1. The number of likely N-dealkylation sites (N-methyl/N-ethyl adjacent to an activating group) is 1. The normalized spacial score (nSPS) is 11.1. The summed E-state index contributed by atoms with van der Waals surface area (Å²) in [6.07, 6.45) is 0.795. The zero-order valence-electron chi connectivity index (χ0n) is 15.8. The number of benzene rings is 2. The minimum Gasteiger partial charge on any atom is -0.452 e. The first-order valence-electron chi connectivity index (χ1n) is 8.24. The summed E-state index contributed by atoms with van der Waals surface area (Å²) < 4.78 is 41.9. The first-order chi connectivity index (χ1) is 13.9. The molecule has 30 heavy (non-hydrogen) atoms. The number of nitrogens with zero attached hydrogens (tertiary/aromatic N) is 2. The molecule has 0 radical (unpaired) electrons. The highest BCUT2D eigenvalue weighted by atomic mass is 35.5. The van der Waals surface area contributed by atoms with Gasteiger partial charge in [-0.25, -0.2) is 17.6 Å². The molecule has 0 aromatic heterocycles.